The van der Waals surface area contributed by atoms with Gasteiger partial charge in [0.1, 0.15) is 24.6 Å². The number of hydrogen-bond acceptors (Lipinski definition) is 5. The summed E-state index contributed by atoms with van der Waals surface area (Å²) in [6.45, 7) is 1.24. The molecule has 6 heteroatoms. The second-order valence-electron chi connectivity index (χ2n) is 6.40. The number of rotatable bonds is 6. The molecule has 2 aromatic carbocycles. The highest BCUT2D eigenvalue weighted by Gasteiger charge is 2.42. The number of aliphatic hydroxyl groups is 1. The van der Waals surface area contributed by atoms with Crippen LogP contribution in [0.4, 0.5) is 0 Å². The number of benzene rings is 2. The van der Waals surface area contributed by atoms with Crippen molar-refractivity contribution < 1.29 is 24.5 Å². The van der Waals surface area contributed by atoms with Crippen LogP contribution in [-0.4, -0.2) is 47.8 Å². The average Bonchev–Trinajstić information content (AvgIpc) is 2.70. The predicted octanol–water partition coefficient (Wildman–Crippen LogP) is 2.38. The zero-order chi connectivity index (χ0) is 19.5. The summed E-state index contributed by atoms with van der Waals surface area (Å²) in [6.07, 6.45) is 1.70. The lowest BCUT2D eigenvalue weighted by atomic mass is 9.80. The minimum atomic E-state index is -1.19. The SMILES string of the molecule is O=C(O)C(COc1ccccc1)C1(O)CCNCC1.O=Cc1ccccc1. The van der Waals surface area contributed by atoms with Gasteiger partial charge in [-0.25, -0.2) is 0 Å². The quantitative estimate of drug-likeness (QED) is 0.675. The van der Waals surface area contributed by atoms with Crippen LogP contribution in [0.5, 0.6) is 5.75 Å². The highest BCUT2D eigenvalue weighted by molar-refractivity contribution is 5.74. The van der Waals surface area contributed by atoms with E-state index in [1.807, 2.05) is 36.4 Å². The third-order valence-corrected chi connectivity index (χ3v) is 4.51. The fraction of sp³-hybridized carbons (Fsp3) is 0.333. The monoisotopic (exact) mass is 371 g/mol. The van der Waals surface area contributed by atoms with E-state index in [4.69, 9.17) is 4.74 Å². The van der Waals surface area contributed by atoms with Crippen LogP contribution in [-0.2, 0) is 4.79 Å². The Bertz CT molecular complexity index is 699. The van der Waals surface area contributed by atoms with Crippen molar-refractivity contribution in [2.45, 2.75) is 18.4 Å². The van der Waals surface area contributed by atoms with Gasteiger partial charge in [-0.3, -0.25) is 9.59 Å². The maximum atomic E-state index is 11.4. The van der Waals surface area contributed by atoms with Crippen molar-refractivity contribution in [2.24, 2.45) is 5.92 Å². The van der Waals surface area contributed by atoms with Crippen LogP contribution < -0.4 is 10.1 Å². The standard InChI is InChI=1S/C14H19NO4.C7H6O/c16-13(17)12(14(18)6-8-15-9-7-14)10-19-11-4-2-1-3-5-11;8-6-7-4-2-1-3-5-7/h1-5,12,15,18H,6-10H2,(H,16,17);1-6H. The summed E-state index contributed by atoms with van der Waals surface area (Å²) in [5.41, 5.74) is -0.459. The van der Waals surface area contributed by atoms with Crippen molar-refractivity contribution in [3.8, 4) is 5.75 Å². The van der Waals surface area contributed by atoms with Gasteiger partial charge in [-0.05, 0) is 38.1 Å². The van der Waals surface area contributed by atoms with Gasteiger partial charge >= 0.3 is 5.97 Å². The molecule has 27 heavy (non-hydrogen) atoms. The van der Waals surface area contributed by atoms with Crippen LogP contribution in [0.15, 0.2) is 60.7 Å². The number of carboxylic acids is 1. The van der Waals surface area contributed by atoms with E-state index in [9.17, 15) is 19.8 Å². The first kappa shape index (κ1) is 20.6. The molecule has 0 spiro atoms. The molecule has 3 rings (SSSR count). The van der Waals surface area contributed by atoms with Crippen LogP contribution >= 0.6 is 0 Å². The molecule has 0 aromatic heterocycles. The summed E-state index contributed by atoms with van der Waals surface area (Å²) in [6, 6.07) is 18.1. The minimum Gasteiger partial charge on any atom is -0.493 e. The van der Waals surface area contributed by atoms with Crippen molar-refractivity contribution in [1.29, 1.82) is 0 Å². The minimum absolute atomic E-state index is 0.0180. The number of piperidine rings is 1. The Morgan fingerprint density at radius 2 is 1.63 bits per heavy atom. The number of carbonyl (C=O) groups is 2. The third kappa shape index (κ3) is 6.51. The van der Waals surface area contributed by atoms with Crippen molar-refractivity contribution in [3.63, 3.8) is 0 Å². The van der Waals surface area contributed by atoms with E-state index in [-0.39, 0.29) is 6.61 Å². The number of aliphatic carboxylic acids is 1. The van der Waals surface area contributed by atoms with Crippen molar-refractivity contribution in [1.82, 2.24) is 5.32 Å². The average molecular weight is 371 g/mol. The topological polar surface area (TPSA) is 95.9 Å². The fourth-order valence-electron chi connectivity index (χ4n) is 2.89. The highest BCUT2D eigenvalue weighted by atomic mass is 16.5. The Morgan fingerprint density at radius 1 is 1.07 bits per heavy atom. The van der Waals surface area contributed by atoms with Crippen LogP contribution in [0.3, 0.4) is 0 Å². The van der Waals surface area contributed by atoms with Crippen LogP contribution in [0.2, 0.25) is 0 Å². The number of nitrogens with one attached hydrogen (secondary N) is 1. The molecule has 0 radical (unpaired) electrons. The second kappa shape index (κ2) is 10.4. The molecule has 2 aromatic rings. The van der Waals surface area contributed by atoms with Gasteiger partial charge in [0, 0.05) is 5.56 Å². The molecular weight excluding hydrogens is 346 g/mol. The molecule has 0 aliphatic carbocycles. The van der Waals surface area contributed by atoms with Crippen LogP contribution in [0.25, 0.3) is 0 Å². The van der Waals surface area contributed by atoms with Gasteiger partial charge in [-0.2, -0.15) is 0 Å². The fourth-order valence-corrected chi connectivity index (χ4v) is 2.89. The molecule has 1 fully saturated rings. The molecule has 1 heterocycles. The largest absolute Gasteiger partial charge is 0.493 e. The maximum absolute atomic E-state index is 11.4. The smallest absolute Gasteiger partial charge is 0.312 e. The van der Waals surface area contributed by atoms with Crippen LogP contribution in [0, 0.1) is 5.92 Å². The maximum Gasteiger partial charge on any atom is 0.312 e. The first-order valence-corrected chi connectivity index (χ1v) is 8.89. The summed E-state index contributed by atoms with van der Waals surface area (Å²) < 4.78 is 5.49. The van der Waals surface area contributed by atoms with Crippen LogP contribution in [0.1, 0.15) is 23.2 Å². The highest BCUT2D eigenvalue weighted by Crippen LogP contribution is 2.28. The van der Waals surface area contributed by atoms with Gasteiger partial charge in [-0.1, -0.05) is 48.5 Å². The van der Waals surface area contributed by atoms with E-state index in [2.05, 4.69) is 5.32 Å². The van der Waals surface area contributed by atoms with E-state index >= 15 is 0 Å². The third-order valence-electron chi connectivity index (χ3n) is 4.51. The molecule has 0 bridgehead atoms. The number of carbonyl (C=O) groups excluding carboxylic acids is 1. The van der Waals surface area contributed by atoms with Crippen molar-refractivity contribution >= 4 is 12.3 Å². The zero-order valence-corrected chi connectivity index (χ0v) is 15.1. The first-order valence-electron chi connectivity index (χ1n) is 8.89. The van der Waals surface area contributed by atoms with E-state index < -0.39 is 17.5 Å². The number of para-hydroxylation sites is 1. The van der Waals surface area contributed by atoms with Crippen molar-refractivity contribution in [2.75, 3.05) is 19.7 Å². The van der Waals surface area contributed by atoms with Gasteiger partial charge in [-0.15, -0.1) is 0 Å². The molecule has 1 unspecified atom stereocenters. The van der Waals surface area contributed by atoms with E-state index in [0.29, 0.717) is 31.7 Å². The second-order valence-corrected chi connectivity index (χ2v) is 6.40. The molecule has 1 aliphatic heterocycles. The molecule has 0 saturated carbocycles. The molecule has 1 saturated heterocycles. The summed E-state index contributed by atoms with van der Waals surface area (Å²) in [7, 11) is 0. The number of carboxylic acid groups (broad SMARTS) is 1. The number of hydrogen-bond donors (Lipinski definition) is 3. The van der Waals surface area contributed by atoms with Gasteiger partial charge in [0.05, 0.1) is 5.60 Å². The van der Waals surface area contributed by atoms with Gasteiger partial charge in [0.15, 0.2) is 0 Å². The number of ether oxygens (including phenoxy) is 1. The van der Waals surface area contributed by atoms with Gasteiger partial charge in [0.25, 0.3) is 0 Å². The lowest BCUT2D eigenvalue weighted by Gasteiger charge is -2.37. The lowest BCUT2D eigenvalue weighted by Crippen LogP contribution is -2.51. The Kier molecular flexibility index (Phi) is 7.98. The van der Waals surface area contributed by atoms with E-state index in [1.54, 1.807) is 24.3 Å². The Labute approximate surface area is 158 Å². The molecule has 1 aliphatic rings. The van der Waals surface area contributed by atoms with Gasteiger partial charge in [0.2, 0.25) is 0 Å². The molecule has 1 atom stereocenters. The summed E-state index contributed by atoms with van der Waals surface area (Å²) in [5, 5.41) is 22.9. The summed E-state index contributed by atoms with van der Waals surface area (Å²) in [5.74, 6) is -1.30. The van der Waals surface area contributed by atoms with E-state index in [1.165, 1.54) is 0 Å². The molecule has 6 nitrogen and oxygen atoms in total. The predicted molar refractivity (Wildman–Crippen MR) is 102 cm³/mol. The Hall–Kier alpha value is -2.70. The lowest BCUT2D eigenvalue weighted by molar-refractivity contribution is -0.156. The molecule has 0 amide bonds. The van der Waals surface area contributed by atoms with E-state index in [0.717, 1.165) is 11.8 Å². The Morgan fingerprint density at radius 3 is 2.11 bits per heavy atom. The summed E-state index contributed by atoms with van der Waals surface area (Å²) in [4.78, 5) is 21.4. The van der Waals surface area contributed by atoms with Crippen molar-refractivity contribution in [3.05, 3.63) is 66.2 Å². The molecule has 3 N–H and O–H groups in total. The zero-order valence-electron chi connectivity index (χ0n) is 15.1. The normalized spacial score (nSPS) is 16.3. The first-order chi connectivity index (χ1) is 13.0. The Balaban J connectivity index is 0.000000273. The number of aldehydes is 1. The summed E-state index contributed by atoms with van der Waals surface area (Å²) >= 11 is 0. The molecule has 144 valence electrons. The molecular formula is C21H25NO5. The van der Waals surface area contributed by atoms with Gasteiger partial charge < -0.3 is 20.3 Å².